The third-order valence-corrected chi connectivity index (χ3v) is 4.72. The highest BCUT2D eigenvalue weighted by atomic mass is 32.2. The molecule has 1 aromatic carbocycles. The van der Waals surface area contributed by atoms with Gasteiger partial charge in [-0.05, 0) is 44.2 Å². The number of carbonyl (C=O) groups excluding carboxylic acids is 1. The standard InChI is InChI=1S/C15H20N2O3S/c1-15(13(18)19)6-8-17(9-7-15)14(20)16-11-4-3-5-12(10-11)21-2/h3-5,10H,6-9H2,1-2H3,(H,16,20)(H,18,19). The normalized spacial score (nSPS) is 17.3. The van der Waals surface area contributed by atoms with E-state index in [0.717, 1.165) is 10.6 Å². The van der Waals surface area contributed by atoms with Crippen molar-refractivity contribution < 1.29 is 14.7 Å². The molecule has 2 N–H and O–H groups in total. The topological polar surface area (TPSA) is 69.6 Å². The lowest BCUT2D eigenvalue weighted by atomic mass is 9.80. The molecule has 1 heterocycles. The number of urea groups is 1. The summed E-state index contributed by atoms with van der Waals surface area (Å²) in [5.74, 6) is -0.782. The Morgan fingerprint density at radius 2 is 2.00 bits per heavy atom. The summed E-state index contributed by atoms with van der Waals surface area (Å²) in [5.41, 5.74) is 0.0497. The van der Waals surface area contributed by atoms with Gasteiger partial charge in [-0.15, -0.1) is 11.8 Å². The number of hydrogen-bond donors (Lipinski definition) is 2. The SMILES string of the molecule is CSc1cccc(NC(=O)N2CCC(C)(C(=O)O)CC2)c1. The van der Waals surface area contributed by atoms with Gasteiger partial charge in [-0.25, -0.2) is 4.79 Å². The number of anilines is 1. The van der Waals surface area contributed by atoms with Crippen molar-refractivity contribution in [3.63, 3.8) is 0 Å². The van der Waals surface area contributed by atoms with Gasteiger partial charge < -0.3 is 15.3 Å². The van der Waals surface area contributed by atoms with Crippen molar-refractivity contribution in [2.45, 2.75) is 24.7 Å². The van der Waals surface area contributed by atoms with Crippen LogP contribution in [0.3, 0.4) is 0 Å². The number of nitrogens with one attached hydrogen (secondary N) is 1. The number of benzene rings is 1. The van der Waals surface area contributed by atoms with E-state index in [1.54, 1.807) is 23.6 Å². The number of carboxylic acid groups (broad SMARTS) is 1. The van der Waals surface area contributed by atoms with Crippen LogP contribution in [0.5, 0.6) is 0 Å². The number of likely N-dealkylation sites (tertiary alicyclic amines) is 1. The Morgan fingerprint density at radius 1 is 1.33 bits per heavy atom. The number of rotatable bonds is 3. The minimum Gasteiger partial charge on any atom is -0.481 e. The van der Waals surface area contributed by atoms with E-state index in [-0.39, 0.29) is 6.03 Å². The van der Waals surface area contributed by atoms with Gasteiger partial charge in [-0.2, -0.15) is 0 Å². The highest BCUT2D eigenvalue weighted by molar-refractivity contribution is 7.98. The molecular weight excluding hydrogens is 288 g/mol. The summed E-state index contributed by atoms with van der Waals surface area (Å²) in [7, 11) is 0. The van der Waals surface area contributed by atoms with Crippen LogP contribution in [0.1, 0.15) is 19.8 Å². The minimum absolute atomic E-state index is 0.166. The highest BCUT2D eigenvalue weighted by Crippen LogP contribution is 2.31. The first-order chi connectivity index (χ1) is 9.94. The number of nitrogens with zero attached hydrogens (tertiary/aromatic N) is 1. The molecule has 6 heteroatoms. The molecule has 1 aromatic rings. The molecule has 0 spiro atoms. The number of amides is 2. The fourth-order valence-corrected chi connectivity index (χ4v) is 2.78. The lowest BCUT2D eigenvalue weighted by molar-refractivity contribution is -0.150. The zero-order valence-electron chi connectivity index (χ0n) is 12.3. The molecule has 1 saturated heterocycles. The fourth-order valence-electron chi connectivity index (χ4n) is 2.32. The van der Waals surface area contributed by atoms with Crippen molar-refractivity contribution in [3.8, 4) is 0 Å². The molecule has 0 unspecified atom stereocenters. The Bertz CT molecular complexity index is 539. The Kier molecular flexibility index (Phi) is 4.77. The van der Waals surface area contributed by atoms with E-state index in [1.165, 1.54) is 0 Å². The van der Waals surface area contributed by atoms with Gasteiger partial charge >= 0.3 is 12.0 Å². The number of hydrogen-bond acceptors (Lipinski definition) is 3. The summed E-state index contributed by atoms with van der Waals surface area (Å²) in [6, 6.07) is 7.50. The lowest BCUT2D eigenvalue weighted by Gasteiger charge is -2.36. The molecule has 0 aromatic heterocycles. The monoisotopic (exact) mass is 308 g/mol. The maximum Gasteiger partial charge on any atom is 0.321 e. The van der Waals surface area contributed by atoms with Gasteiger partial charge in [0.2, 0.25) is 0 Å². The number of aliphatic carboxylic acids is 1. The summed E-state index contributed by atoms with van der Waals surface area (Å²) in [6.07, 6.45) is 2.96. The second-order valence-corrected chi connectivity index (χ2v) is 6.39. The predicted octanol–water partition coefficient (Wildman–Crippen LogP) is 3.13. The first-order valence-electron chi connectivity index (χ1n) is 6.88. The fraction of sp³-hybridized carbons (Fsp3) is 0.467. The van der Waals surface area contributed by atoms with Crippen LogP contribution in [-0.4, -0.2) is 41.4 Å². The molecule has 1 fully saturated rings. The van der Waals surface area contributed by atoms with Gasteiger partial charge in [0.15, 0.2) is 0 Å². The summed E-state index contributed by atoms with van der Waals surface area (Å²) in [5, 5.41) is 12.1. The highest BCUT2D eigenvalue weighted by Gasteiger charge is 2.38. The van der Waals surface area contributed by atoms with Gasteiger partial charge in [0.1, 0.15) is 0 Å². The molecule has 21 heavy (non-hydrogen) atoms. The molecule has 114 valence electrons. The molecule has 0 atom stereocenters. The van der Waals surface area contributed by atoms with Gasteiger partial charge in [0.05, 0.1) is 5.41 Å². The zero-order valence-corrected chi connectivity index (χ0v) is 13.1. The quantitative estimate of drug-likeness (QED) is 0.842. The van der Waals surface area contributed by atoms with Crippen molar-refractivity contribution in [3.05, 3.63) is 24.3 Å². The molecular formula is C15H20N2O3S. The van der Waals surface area contributed by atoms with Crippen molar-refractivity contribution >= 4 is 29.4 Å². The number of piperidine rings is 1. The van der Waals surface area contributed by atoms with Gasteiger partial charge in [0, 0.05) is 23.7 Å². The van der Waals surface area contributed by atoms with Gasteiger partial charge in [-0.3, -0.25) is 4.79 Å². The number of carbonyl (C=O) groups is 2. The van der Waals surface area contributed by atoms with Crippen LogP contribution in [0.25, 0.3) is 0 Å². The summed E-state index contributed by atoms with van der Waals surface area (Å²) >= 11 is 1.62. The smallest absolute Gasteiger partial charge is 0.321 e. The molecule has 1 aliphatic rings. The molecule has 5 nitrogen and oxygen atoms in total. The van der Waals surface area contributed by atoms with E-state index >= 15 is 0 Å². The average Bonchev–Trinajstić information content (AvgIpc) is 2.48. The maximum atomic E-state index is 12.2. The Morgan fingerprint density at radius 3 is 2.57 bits per heavy atom. The number of carboxylic acids is 1. The van der Waals surface area contributed by atoms with Crippen LogP contribution in [0.2, 0.25) is 0 Å². The van der Waals surface area contributed by atoms with Crippen LogP contribution in [0.4, 0.5) is 10.5 Å². The van der Waals surface area contributed by atoms with E-state index in [9.17, 15) is 14.7 Å². The van der Waals surface area contributed by atoms with E-state index in [1.807, 2.05) is 30.5 Å². The van der Waals surface area contributed by atoms with E-state index < -0.39 is 11.4 Å². The zero-order chi connectivity index (χ0) is 15.5. The number of thioether (sulfide) groups is 1. The molecule has 0 radical (unpaired) electrons. The van der Waals surface area contributed by atoms with E-state index in [2.05, 4.69) is 5.32 Å². The molecule has 0 bridgehead atoms. The van der Waals surface area contributed by atoms with Crippen LogP contribution < -0.4 is 5.32 Å². The maximum absolute atomic E-state index is 12.2. The summed E-state index contributed by atoms with van der Waals surface area (Å²) in [4.78, 5) is 26.2. The van der Waals surface area contributed by atoms with Crippen LogP contribution in [-0.2, 0) is 4.79 Å². The van der Waals surface area contributed by atoms with Crippen LogP contribution >= 0.6 is 11.8 Å². The van der Waals surface area contributed by atoms with Crippen LogP contribution in [0, 0.1) is 5.41 Å². The van der Waals surface area contributed by atoms with Crippen molar-refractivity contribution in [2.75, 3.05) is 24.7 Å². The largest absolute Gasteiger partial charge is 0.481 e. The van der Waals surface area contributed by atoms with Crippen molar-refractivity contribution in [1.29, 1.82) is 0 Å². The average molecular weight is 308 g/mol. The van der Waals surface area contributed by atoms with E-state index in [4.69, 9.17) is 0 Å². The van der Waals surface area contributed by atoms with Crippen molar-refractivity contribution in [2.24, 2.45) is 5.41 Å². The third-order valence-electron chi connectivity index (χ3n) is 3.99. The van der Waals surface area contributed by atoms with Gasteiger partial charge in [0.25, 0.3) is 0 Å². The lowest BCUT2D eigenvalue weighted by Crippen LogP contribution is -2.46. The Hall–Kier alpha value is -1.69. The Labute approximate surface area is 128 Å². The predicted molar refractivity (Wildman–Crippen MR) is 83.8 cm³/mol. The van der Waals surface area contributed by atoms with Crippen molar-refractivity contribution in [1.82, 2.24) is 4.90 Å². The van der Waals surface area contributed by atoms with Crippen LogP contribution in [0.15, 0.2) is 29.2 Å². The summed E-state index contributed by atoms with van der Waals surface area (Å²) in [6.45, 7) is 2.68. The third kappa shape index (κ3) is 3.69. The molecule has 1 aliphatic heterocycles. The van der Waals surface area contributed by atoms with Gasteiger partial charge in [-0.1, -0.05) is 6.07 Å². The second kappa shape index (κ2) is 6.39. The molecule has 0 aliphatic carbocycles. The summed E-state index contributed by atoms with van der Waals surface area (Å²) < 4.78 is 0. The Balaban J connectivity index is 1.94. The minimum atomic E-state index is -0.782. The molecule has 2 amide bonds. The second-order valence-electron chi connectivity index (χ2n) is 5.51. The molecule has 0 saturated carbocycles. The molecule has 2 rings (SSSR count). The first-order valence-corrected chi connectivity index (χ1v) is 8.10. The van der Waals surface area contributed by atoms with E-state index in [0.29, 0.717) is 25.9 Å². The first kappa shape index (κ1) is 15.7.